The zero-order valence-electron chi connectivity index (χ0n) is 9.41. The van der Waals surface area contributed by atoms with Crippen molar-refractivity contribution in [3.05, 3.63) is 24.0 Å². The lowest BCUT2D eigenvalue weighted by molar-refractivity contribution is -0.147. The summed E-state index contributed by atoms with van der Waals surface area (Å²) < 4.78 is 52.3. The second-order valence-electron chi connectivity index (χ2n) is 4.33. The van der Waals surface area contributed by atoms with Crippen molar-refractivity contribution >= 4 is 0 Å². The predicted molar refractivity (Wildman–Crippen MR) is 55.4 cm³/mol. The summed E-state index contributed by atoms with van der Waals surface area (Å²) in [6.45, 7) is 1.79. The number of fused-ring (bicyclic) bond motifs is 1. The maximum Gasteiger partial charge on any atom is 0.319 e. The van der Waals surface area contributed by atoms with Gasteiger partial charge < -0.3 is 4.57 Å². The Morgan fingerprint density at radius 1 is 1.41 bits per heavy atom. The second kappa shape index (κ2) is 4.33. The molecular weight excluding hydrogens is 236 g/mol. The highest BCUT2D eigenvalue weighted by molar-refractivity contribution is 5.13. The van der Waals surface area contributed by atoms with Crippen molar-refractivity contribution in [3.8, 4) is 0 Å². The smallest absolute Gasteiger partial charge is 0.319 e. The van der Waals surface area contributed by atoms with E-state index in [0.717, 1.165) is 5.69 Å². The molecule has 0 saturated carbocycles. The summed E-state index contributed by atoms with van der Waals surface area (Å²) in [5, 5.41) is 0. The Labute approximate surface area is 96.8 Å². The Hall–Kier alpha value is -1.04. The first kappa shape index (κ1) is 12.4. The van der Waals surface area contributed by atoms with E-state index in [9.17, 15) is 17.6 Å². The van der Waals surface area contributed by atoms with E-state index in [0.29, 0.717) is 13.1 Å². The molecule has 0 aromatic carbocycles. The molecule has 0 radical (unpaired) electrons. The molecule has 1 aromatic heterocycles. The van der Waals surface area contributed by atoms with Crippen molar-refractivity contribution in [2.75, 3.05) is 13.1 Å². The first-order valence-electron chi connectivity index (χ1n) is 5.47. The van der Waals surface area contributed by atoms with Crippen LogP contribution in [0.15, 0.2) is 18.3 Å². The molecule has 1 aliphatic heterocycles. The Bertz CT molecular complexity index is 389. The number of halogens is 4. The molecule has 2 heterocycles. The van der Waals surface area contributed by atoms with Crippen molar-refractivity contribution in [1.82, 2.24) is 9.47 Å². The quantitative estimate of drug-likeness (QED) is 0.749. The van der Waals surface area contributed by atoms with Crippen LogP contribution in [-0.2, 0) is 6.54 Å². The van der Waals surface area contributed by atoms with Gasteiger partial charge in [-0.2, -0.15) is 8.78 Å². The predicted octanol–water partition coefficient (Wildman–Crippen LogP) is 2.77. The van der Waals surface area contributed by atoms with E-state index < -0.39 is 18.9 Å². The third-order valence-electron chi connectivity index (χ3n) is 3.20. The van der Waals surface area contributed by atoms with E-state index >= 15 is 0 Å². The average Bonchev–Trinajstić information content (AvgIpc) is 2.70. The Morgan fingerprint density at radius 2 is 2.12 bits per heavy atom. The van der Waals surface area contributed by atoms with Crippen molar-refractivity contribution in [2.24, 2.45) is 0 Å². The van der Waals surface area contributed by atoms with Crippen LogP contribution >= 0.6 is 0 Å². The lowest BCUT2D eigenvalue weighted by Crippen LogP contribution is -2.46. The Balaban J connectivity index is 2.10. The first-order valence-corrected chi connectivity index (χ1v) is 5.47. The average molecular weight is 250 g/mol. The summed E-state index contributed by atoms with van der Waals surface area (Å²) in [7, 11) is 0. The van der Waals surface area contributed by atoms with E-state index in [1.165, 1.54) is 4.90 Å². The minimum atomic E-state index is -3.94. The van der Waals surface area contributed by atoms with E-state index in [1.807, 2.05) is 22.9 Å². The fraction of sp³-hybridized carbons (Fsp3) is 0.636. The van der Waals surface area contributed by atoms with Gasteiger partial charge in [-0.25, -0.2) is 8.78 Å². The molecule has 0 fully saturated rings. The maximum absolute atomic E-state index is 13.0. The van der Waals surface area contributed by atoms with Gasteiger partial charge >= 0.3 is 12.3 Å². The van der Waals surface area contributed by atoms with Crippen molar-refractivity contribution < 1.29 is 17.6 Å². The van der Waals surface area contributed by atoms with Crippen molar-refractivity contribution in [1.29, 1.82) is 0 Å². The van der Waals surface area contributed by atoms with Gasteiger partial charge in [-0.15, -0.1) is 0 Å². The van der Waals surface area contributed by atoms with Crippen LogP contribution in [0.25, 0.3) is 0 Å². The zero-order chi connectivity index (χ0) is 12.6. The number of alkyl halides is 4. The monoisotopic (exact) mass is 250 g/mol. The summed E-state index contributed by atoms with van der Waals surface area (Å²) in [5.74, 6) is -3.94. The van der Waals surface area contributed by atoms with Gasteiger partial charge in [-0.05, 0) is 19.1 Å². The van der Waals surface area contributed by atoms with Gasteiger partial charge in [-0.1, -0.05) is 0 Å². The van der Waals surface area contributed by atoms with Gasteiger partial charge in [0.25, 0.3) is 0 Å². The Morgan fingerprint density at radius 3 is 2.76 bits per heavy atom. The highest BCUT2D eigenvalue weighted by Crippen LogP contribution is 2.31. The van der Waals surface area contributed by atoms with Crippen LogP contribution < -0.4 is 0 Å². The zero-order valence-corrected chi connectivity index (χ0v) is 9.41. The highest BCUT2D eigenvalue weighted by atomic mass is 19.3. The summed E-state index contributed by atoms with van der Waals surface area (Å²) in [6, 6.07) is 3.40. The number of hydrogen-bond donors (Lipinski definition) is 0. The number of hydrogen-bond acceptors (Lipinski definition) is 1. The number of nitrogens with zero attached hydrogens (tertiary/aromatic N) is 2. The van der Waals surface area contributed by atoms with E-state index in [-0.39, 0.29) is 6.04 Å². The molecule has 0 N–H and O–H groups in total. The largest absolute Gasteiger partial charge is 0.349 e. The third-order valence-corrected chi connectivity index (χ3v) is 3.20. The minimum Gasteiger partial charge on any atom is -0.349 e. The minimum absolute atomic E-state index is 0.261. The summed E-state index contributed by atoms with van der Waals surface area (Å²) >= 11 is 0. The molecule has 6 heteroatoms. The number of rotatable bonds is 3. The molecule has 0 spiro atoms. The molecular formula is C11H14F4N2. The molecule has 0 bridgehead atoms. The van der Waals surface area contributed by atoms with E-state index in [4.69, 9.17) is 0 Å². The fourth-order valence-electron chi connectivity index (χ4n) is 2.18. The van der Waals surface area contributed by atoms with Crippen LogP contribution in [0.5, 0.6) is 0 Å². The first-order chi connectivity index (χ1) is 7.92. The van der Waals surface area contributed by atoms with E-state index in [1.54, 1.807) is 6.92 Å². The van der Waals surface area contributed by atoms with E-state index in [2.05, 4.69) is 0 Å². The van der Waals surface area contributed by atoms with Crippen LogP contribution in [0.1, 0.15) is 18.7 Å². The van der Waals surface area contributed by atoms with Crippen LogP contribution in [0, 0.1) is 0 Å². The molecule has 17 heavy (non-hydrogen) atoms. The van der Waals surface area contributed by atoms with Gasteiger partial charge in [-0.3, -0.25) is 4.90 Å². The molecule has 0 aliphatic carbocycles. The van der Waals surface area contributed by atoms with Gasteiger partial charge in [0.1, 0.15) is 0 Å². The summed E-state index contributed by atoms with van der Waals surface area (Å²) in [6.07, 6.45) is -1.74. The van der Waals surface area contributed by atoms with Gasteiger partial charge in [0.2, 0.25) is 0 Å². The summed E-state index contributed by atoms with van der Waals surface area (Å²) in [5.41, 5.74) is 0.890. The lowest BCUT2D eigenvalue weighted by Gasteiger charge is -2.36. The van der Waals surface area contributed by atoms with Crippen LogP contribution in [0.3, 0.4) is 0 Å². The Kier molecular flexibility index (Phi) is 3.16. The second-order valence-corrected chi connectivity index (χ2v) is 4.33. The molecule has 0 amide bonds. The molecule has 1 aliphatic rings. The summed E-state index contributed by atoms with van der Waals surface area (Å²) in [4.78, 5) is 1.40. The molecule has 2 rings (SSSR count). The topological polar surface area (TPSA) is 8.17 Å². The molecule has 1 atom stereocenters. The fourth-order valence-corrected chi connectivity index (χ4v) is 2.18. The van der Waals surface area contributed by atoms with Crippen molar-refractivity contribution in [2.45, 2.75) is 31.9 Å². The third kappa shape index (κ3) is 2.31. The molecule has 0 saturated heterocycles. The molecule has 2 nitrogen and oxygen atoms in total. The van der Waals surface area contributed by atoms with Crippen LogP contribution in [0.2, 0.25) is 0 Å². The van der Waals surface area contributed by atoms with Crippen LogP contribution in [-0.4, -0.2) is 34.9 Å². The molecule has 0 unspecified atom stereocenters. The lowest BCUT2D eigenvalue weighted by atomic mass is 10.1. The standard InChI is InChI=1S/C11H14F4N2/c1-8-9-3-2-4-16(9)5-6-17(8)7-11(14,15)10(12)13/h2-4,8,10H,5-7H2,1H3/t8-/m0/s1. The molecule has 1 aromatic rings. The maximum atomic E-state index is 13.0. The number of aromatic nitrogens is 1. The van der Waals surface area contributed by atoms with Crippen LogP contribution in [0.4, 0.5) is 17.6 Å². The van der Waals surface area contributed by atoms with Gasteiger partial charge in [0.05, 0.1) is 6.54 Å². The normalized spacial score (nSPS) is 21.9. The van der Waals surface area contributed by atoms with Gasteiger partial charge in [0.15, 0.2) is 0 Å². The van der Waals surface area contributed by atoms with Crippen molar-refractivity contribution in [3.63, 3.8) is 0 Å². The SMILES string of the molecule is C[C@H]1c2cccn2CCN1CC(F)(F)C(F)F. The highest BCUT2D eigenvalue weighted by Gasteiger charge is 2.43. The molecule has 96 valence electrons. The van der Waals surface area contributed by atoms with Gasteiger partial charge in [0, 0.05) is 31.0 Å².